The maximum atomic E-state index is 13.2. The summed E-state index contributed by atoms with van der Waals surface area (Å²) >= 11 is 0. The number of rotatable bonds is 6. The average molecular weight is 408 g/mol. The van der Waals surface area contributed by atoms with Gasteiger partial charge in [-0.2, -0.15) is 0 Å². The van der Waals surface area contributed by atoms with Crippen LogP contribution < -0.4 is 16.0 Å². The van der Waals surface area contributed by atoms with E-state index in [0.29, 0.717) is 25.3 Å². The average Bonchev–Trinajstić information content (AvgIpc) is 3.26. The van der Waals surface area contributed by atoms with Crippen molar-refractivity contribution in [1.82, 2.24) is 10.2 Å². The number of nitrogens with one attached hydrogen (secondary N) is 1. The summed E-state index contributed by atoms with van der Waals surface area (Å²) in [5, 5.41) is 22.7. The van der Waals surface area contributed by atoms with E-state index >= 15 is 0 Å². The van der Waals surface area contributed by atoms with E-state index in [9.17, 15) is 24.2 Å². The summed E-state index contributed by atoms with van der Waals surface area (Å²) in [5.74, 6) is -1.51. The number of aliphatic hydroxyl groups is 2. The predicted molar refractivity (Wildman–Crippen MR) is 107 cm³/mol. The summed E-state index contributed by atoms with van der Waals surface area (Å²) in [5.41, 5.74) is 7.09. The molecule has 29 heavy (non-hydrogen) atoms. The zero-order valence-corrected chi connectivity index (χ0v) is 16.4. The molecule has 8 nitrogen and oxygen atoms in total. The van der Waals surface area contributed by atoms with Crippen molar-refractivity contribution in [3.05, 3.63) is 24.0 Å². The lowest BCUT2D eigenvalue weighted by Gasteiger charge is -2.34. The zero-order chi connectivity index (χ0) is 21.0. The number of nitrogens with zero attached hydrogens (tertiary/aromatic N) is 2. The van der Waals surface area contributed by atoms with Crippen LogP contribution in [0, 0.1) is 11.7 Å². The summed E-state index contributed by atoms with van der Waals surface area (Å²) < 4.78 is 13.2. The van der Waals surface area contributed by atoms with Gasteiger partial charge in [-0.05, 0) is 49.8 Å². The van der Waals surface area contributed by atoms with Gasteiger partial charge in [0.25, 0.3) is 11.8 Å². The van der Waals surface area contributed by atoms with Gasteiger partial charge >= 0.3 is 0 Å². The molecule has 0 aliphatic carbocycles. The molecule has 1 aromatic carbocycles. The lowest BCUT2D eigenvalue weighted by Crippen LogP contribution is -2.51. The van der Waals surface area contributed by atoms with Crippen molar-refractivity contribution in [1.29, 1.82) is 0 Å². The van der Waals surface area contributed by atoms with E-state index in [1.54, 1.807) is 6.07 Å². The Morgan fingerprint density at radius 3 is 2.41 bits per heavy atom. The Kier molecular flexibility index (Phi) is 6.92. The van der Waals surface area contributed by atoms with Crippen molar-refractivity contribution in [2.45, 2.75) is 37.9 Å². The Morgan fingerprint density at radius 2 is 1.79 bits per heavy atom. The number of carbonyl (C=O) groups is 2. The summed E-state index contributed by atoms with van der Waals surface area (Å²) in [4.78, 5) is 27.8. The second-order valence-corrected chi connectivity index (χ2v) is 7.80. The van der Waals surface area contributed by atoms with Crippen LogP contribution >= 0.6 is 0 Å². The van der Waals surface area contributed by atoms with Crippen molar-refractivity contribution in [2.75, 3.05) is 43.4 Å². The van der Waals surface area contributed by atoms with Gasteiger partial charge in [0.1, 0.15) is 5.82 Å². The molecule has 0 spiro atoms. The number of halogens is 1. The van der Waals surface area contributed by atoms with Crippen molar-refractivity contribution in [3.63, 3.8) is 0 Å². The highest BCUT2D eigenvalue weighted by molar-refractivity contribution is 5.90. The van der Waals surface area contributed by atoms with Crippen LogP contribution in [0.25, 0.3) is 0 Å². The number of likely N-dealkylation sites (tertiary alicyclic amines) is 1. The van der Waals surface area contributed by atoms with E-state index < -0.39 is 24.0 Å². The molecule has 0 saturated carbocycles. The molecule has 2 heterocycles. The minimum atomic E-state index is -1.78. The molecule has 2 atom stereocenters. The first kappa shape index (κ1) is 21.3. The van der Waals surface area contributed by atoms with Gasteiger partial charge in [0, 0.05) is 32.7 Å². The largest absolute Gasteiger partial charge is 0.397 e. The molecule has 2 amide bonds. The number of piperidine rings is 1. The van der Waals surface area contributed by atoms with Gasteiger partial charge in [-0.1, -0.05) is 0 Å². The fraction of sp³-hybridized carbons (Fsp3) is 0.600. The first-order valence-corrected chi connectivity index (χ1v) is 10.1. The summed E-state index contributed by atoms with van der Waals surface area (Å²) in [7, 11) is 0. The number of hydrogen-bond acceptors (Lipinski definition) is 6. The summed E-state index contributed by atoms with van der Waals surface area (Å²) in [6, 6.07) is 4.35. The van der Waals surface area contributed by atoms with E-state index in [-0.39, 0.29) is 11.7 Å². The molecule has 2 fully saturated rings. The first-order valence-electron chi connectivity index (χ1n) is 10.1. The van der Waals surface area contributed by atoms with Crippen molar-refractivity contribution < 1.29 is 24.2 Å². The highest BCUT2D eigenvalue weighted by Gasteiger charge is 2.34. The maximum Gasteiger partial charge on any atom is 0.254 e. The highest BCUT2D eigenvalue weighted by Crippen LogP contribution is 2.28. The Labute approximate surface area is 169 Å². The standard InChI is InChI=1S/C20H29FN4O4/c21-14-3-4-16(15(22)11-14)24-9-5-13(6-10-24)12-23-19(28)17(26)18(27)20(29)25-7-1-2-8-25/h3-4,11,13,17-18,26-27H,1-2,5-10,12,22H2,(H,23,28)/t17-,18-/m1/s1. The van der Waals surface area contributed by atoms with Crippen LogP contribution in [0.3, 0.4) is 0 Å². The normalized spacial score (nSPS) is 19.8. The van der Waals surface area contributed by atoms with Crippen LogP contribution in [0.15, 0.2) is 18.2 Å². The van der Waals surface area contributed by atoms with Gasteiger partial charge in [-0.15, -0.1) is 0 Å². The van der Waals surface area contributed by atoms with Crippen molar-refractivity contribution >= 4 is 23.2 Å². The molecule has 160 valence electrons. The Morgan fingerprint density at radius 1 is 1.14 bits per heavy atom. The number of amides is 2. The zero-order valence-electron chi connectivity index (χ0n) is 16.4. The van der Waals surface area contributed by atoms with E-state index in [1.165, 1.54) is 17.0 Å². The number of carbonyl (C=O) groups excluding carboxylic acids is 2. The fourth-order valence-corrected chi connectivity index (χ4v) is 3.94. The number of nitrogen functional groups attached to an aromatic ring is 1. The summed E-state index contributed by atoms with van der Waals surface area (Å²) in [6.07, 6.45) is -0.199. The molecule has 0 radical (unpaired) electrons. The number of benzene rings is 1. The quantitative estimate of drug-likeness (QED) is 0.495. The monoisotopic (exact) mass is 408 g/mol. The topological polar surface area (TPSA) is 119 Å². The Balaban J connectivity index is 1.43. The molecule has 1 aromatic rings. The second-order valence-electron chi connectivity index (χ2n) is 7.80. The molecule has 0 unspecified atom stereocenters. The van der Waals surface area contributed by atoms with Crippen LogP contribution in [0.2, 0.25) is 0 Å². The third-order valence-corrected chi connectivity index (χ3v) is 5.75. The van der Waals surface area contributed by atoms with Crippen LogP contribution in [0.1, 0.15) is 25.7 Å². The molecule has 0 bridgehead atoms. The van der Waals surface area contributed by atoms with Crippen molar-refractivity contribution in [3.8, 4) is 0 Å². The maximum absolute atomic E-state index is 13.2. The predicted octanol–water partition coefficient (Wildman–Crippen LogP) is 0.0847. The van der Waals surface area contributed by atoms with Gasteiger partial charge < -0.3 is 31.1 Å². The second kappa shape index (κ2) is 9.41. The lowest BCUT2D eigenvalue weighted by atomic mass is 9.96. The van der Waals surface area contributed by atoms with Crippen molar-refractivity contribution in [2.24, 2.45) is 5.92 Å². The van der Waals surface area contributed by atoms with Gasteiger partial charge in [0.2, 0.25) is 0 Å². The molecule has 2 saturated heterocycles. The minimum absolute atomic E-state index is 0.204. The lowest BCUT2D eigenvalue weighted by molar-refractivity contribution is -0.152. The van der Waals surface area contributed by atoms with E-state index in [2.05, 4.69) is 10.2 Å². The third kappa shape index (κ3) is 5.16. The molecule has 5 N–H and O–H groups in total. The molecule has 2 aliphatic heterocycles. The third-order valence-electron chi connectivity index (χ3n) is 5.75. The van der Waals surface area contributed by atoms with Crippen LogP contribution in [0.5, 0.6) is 0 Å². The van der Waals surface area contributed by atoms with E-state index in [1.807, 2.05) is 0 Å². The van der Waals surface area contributed by atoms with E-state index in [0.717, 1.165) is 44.5 Å². The SMILES string of the molecule is Nc1cc(F)ccc1N1CCC(CNC(=O)[C@H](O)[C@@H](O)C(=O)N2CCCC2)CC1. The van der Waals surface area contributed by atoms with Crippen LogP contribution in [0.4, 0.5) is 15.8 Å². The molecule has 3 rings (SSSR count). The molecular formula is C20H29FN4O4. The Bertz CT molecular complexity index is 733. The fourth-order valence-electron chi connectivity index (χ4n) is 3.94. The highest BCUT2D eigenvalue weighted by atomic mass is 19.1. The van der Waals surface area contributed by atoms with Gasteiger partial charge in [0.05, 0.1) is 11.4 Å². The molecule has 2 aliphatic rings. The van der Waals surface area contributed by atoms with Gasteiger partial charge in [-0.25, -0.2) is 4.39 Å². The van der Waals surface area contributed by atoms with Gasteiger partial charge in [-0.3, -0.25) is 9.59 Å². The smallest absolute Gasteiger partial charge is 0.254 e. The van der Waals surface area contributed by atoms with E-state index in [4.69, 9.17) is 5.73 Å². The number of aliphatic hydroxyl groups excluding tert-OH is 2. The first-order chi connectivity index (χ1) is 13.9. The van der Waals surface area contributed by atoms with Crippen LogP contribution in [-0.2, 0) is 9.59 Å². The molecular weight excluding hydrogens is 379 g/mol. The number of nitrogens with two attached hydrogens (primary N) is 1. The van der Waals surface area contributed by atoms with Crippen LogP contribution in [-0.4, -0.2) is 71.9 Å². The van der Waals surface area contributed by atoms with Gasteiger partial charge in [0.15, 0.2) is 12.2 Å². The molecule has 9 heteroatoms. The number of hydrogen-bond donors (Lipinski definition) is 4. The number of anilines is 2. The summed E-state index contributed by atoms with van der Waals surface area (Å²) in [6.45, 7) is 2.87. The Hall–Kier alpha value is -2.39. The molecule has 0 aromatic heterocycles. The minimum Gasteiger partial charge on any atom is -0.397 e.